The number of hydrogen-bond donors (Lipinski definition) is 2. The Balaban J connectivity index is 2.57. The van der Waals surface area contributed by atoms with Crippen molar-refractivity contribution in [3.63, 3.8) is 0 Å². The molecular formula is C6H12N2OS. The van der Waals surface area contributed by atoms with Crippen LogP contribution in [0.25, 0.3) is 0 Å². The number of nitrogens with zero attached hydrogens (tertiary/aromatic N) is 1. The minimum Gasteiger partial charge on any atom is -0.394 e. The van der Waals surface area contributed by atoms with Crippen LogP contribution in [0, 0.1) is 0 Å². The Labute approximate surface area is 64.9 Å². The van der Waals surface area contributed by atoms with Gasteiger partial charge in [0, 0.05) is 12.8 Å². The van der Waals surface area contributed by atoms with E-state index in [2.05, 4.69) is 10.3 Å². The fourth-order valence-electron chi connectivity index (χ4n) is 0.764. The van der Waals surface area contributed by atoms with Crippen molar-refractivity contribution >= 4 is 16.9 Å². The van der Waals surface area contributed by atoms with Crippen LogP contribution in [0.5, 0.6) is 0 Å². The van der Waals surface area contributed by atoms with Gasteiger partial charge in [-0.15, -0.1) is 0 Å². The number of hydrogen-bond acceptors (Lipinski definition) is 3. The molecular weight excluding hydrogens is 148 g/mol. The number of aliphatic hydroxyl groups excluding tert-OH is 1. The molecule has 1 atom stereocenters. The molecule has 0 radical (unpaired) electrons. The molecule has 0 aromatic rings. The lowest BCUT2D eigenvalue weighted by Gasteiger charge is -2.19. The molecule has 1 rings (SSSR count). The van der Waals surface area contributed by atoms with Crippen molar-refractivity contribution < 1.29 is 5.11 Å². The normalized spacial score (nSPS) is 36.5. The van der Waals surface area contributed by atoms with Crippen molar-refractivity contribution in [2.75, 3.05) is 19.4 Å². The third kappa shape index (κ3) is 1.44. The van der Waals surface area contributed by atoms with E-state index in [9.17, 15) is 0 Å². The van der Waals surface area contributed by atoms with Crippen molar-refractivity contribution in [2.45, 2.75) is 12.5 Å². The summed E-state index contributed by atoms with van der Waals surface area (Å²) in [5.74, 6) is 0.899. The molecule has 0 unspecified atom stereocenters. The van der Waals surface area contributed by atoms with E-state index in [1.807, 2.05) is 6.92 Å². The molecule has 0 amide bonds. The molecule has 1 fully saturated rings. The fourth-order valence-corrected chi connectivity index (χ4v) is 1.83. The van der Waals surface area contributed by atoms with Crippen LogP contribution in [0.3, 0.4) is 0 Å². The van der Waals surface area contributed by atoms with Gasteiger partial charge in [-0.25, -0.2) is 0 Å². The number of aliphatic hydroxyl groups is 1. The van der Waals surface area contributed by atoms with E-state index < -0.39 is 0 Å². The topological polar surface area (TPSA) is 44.6 Å². The van der Waals surface area contributed by atoms with Crippen LogP contribution >= 0.6 is 11.8 Å². The summed E-state index contributed by atoms with van der Waals surface area (Å²) in [4.78, 5) is 3.99. The number of rotatable bonds is 1. The van der Waals surface area contributed by atoms with Gasteiger partial charge in [0.15, 0.2) is 5.17 Å². The highest BCUT2D eigenvalue weighted by Gasteiger charge is 2.31. The SMILES string of the molecule is CN=C1N[C@](C)(CO)CS1. The number of aliphatic imine (C=N–C) groups is 1. The Hall–Kier alpha value is -0.220. The summed E-state index contributed by atoms with van der Waals surface area (Å²) in [5, 5.41) is 13.0. The molecule has 0 aromatic carbocycles. The van der Waals surface area contributed by atoms with Gasteiger partial charge in [-0.1, -0.05) is 11.8 Å². The van der Waals surface area contributed by atoms with Crippen molar-refractivity contribution in [3.05, 3.63) is 0 Å². The van der Waals surface area contributed by atoms with Gasteiger partial charge in [0.25, 0.3) is 0 Å². The molecule has 1 saturated heterocycles. The average molecular weight is 160 g/mol. The summed E-state index contributed by atoms with van der Waals surface area (Å²) in [6.45, 7) is 2.15. The molecule has 2 N–H and O–H groups in total. The number of nitrogens with one attached hydrogen (secondary N) is 1. The second-order valence-electron chi connectivity index (χ2n) is 2.66. The van der Waals surface area contributed by atoms with Crippen LogP contribution in [0.4, 0.5) is 0 Å². The highest BCUT2D eigenvalue weighted by molar-refractivity contribution is 8.14. The zero-order valence-corrected chi connectivity index (χ0v) is 7.03. The summed E-state index contributed by atoms with van der Waals surface area (Å²) < 4.78 is 0. The molecule has 0 aromatic heterocycles. The summed E-state index contributed by atoms with van der Waals surface area (Å²) in [7, 11) is 1.75. The Kier molecular flexibility index (Phi) is 2.21. The van der Waals surface area contributed by atoms with Crippen LogP contribution in [0.15, 0.2) is 4.99 Å². The number of thioether (sulfide) groups is 1. The van der Waals surface area contributed by atoms with Gasteiger partial charge >= 0.3 is 0 Å². The highest BCUT2D eigenvalue weighted by Crippen LogP contribution is 2.21. The molecule has 58 valence electrons. The van der Waals surface area contributed by atoms with Gasteiger partial charge in [0.05, 0.1) is 12.1 Å². The molecule has 10 heavy (non-hydrogen) atoms. The third-order valence-corrected chi connectivity index (χ3v) is 2.83. The first-order chi connectivity index (χ1) is 4.70. The first-order valence-corrected chi connectivity index (χ1v) is 4.17. The average Bonchev–Trinajstić information content (AvgIpc) is 2.33. The fraction of sp³-hybridized carbons (Fsp3) is 0.833. The predicted molar refractivity (Wildman–Crippen MR) is 44.4 cm³/mol. The van der Waals surface area contributed by atoms with Crippen molar-refractivity contribution in [1.82, 2.24) is 5.32 Å². The zero-order chi connectivity index (χ0) is 7.61. The molecule has 0 aliphatic carbocycles. The summed E-state index contributed by atoms with van der Waals surface area (Å²) in [6.07, 6.45) is 0. The van der Waals surface area contributed by atoms with E-state index in [1.54, 1.807) is 18.8 Å². The standard InChI is InChI=1S/C6H12N2OS/c1-6(3-9)4-10-5(7-2)8-6/h9H,3-4H2,1-2H3,(H,7,8)/t6-/m1/s1. The van der Waals surface area contributed by atoms with E-state index in [1.165, 1.54) is 0 Å². The van der Waals surface area contributed by atoms with E-state index in [0.717, 1.165) is 10.9 Å². The Morgan fingerprint density at radius 3 is 2.90 bits per heavy atom. The van der Waals surface area contributed by atoms with Gasteiger partial charge in [-0.05, 0) is 6.92 Å². The van der Waals surface area contributed by atoms with E-state index in [4.69, 9.17) is 5.11 Å². The lowest BCUT2D eigenvalue weighted by atomic mass is 10.1. The van der Waals surface area contributed by atoms with Crippen LogP contribution in [0.1, 0.15) is 6.92 Å². The predicted octanol–water partition coefficient (Wildman–Crippen LogP) is 0.0596. The van der Waals surface area contributed by atoms with E-state index in [-0.39, 0.29) is 12.1 Å². The van der Waals surface area contributed by atoms with Crippen molar-refractivity contribution in [2.24, 2.45) is 4.99 Å². The summed E-state index contributed by atoms with van der Waals surface area (Å²) >= 11 is 1.65. The van der Waals surface area contributed by atoms with Gasteiger partial charge < -0.3 is 10.4 Å². The van der Waals surface area contributed by atoms with Crippen LogP contribution in [-0.2, 0) is 0 Å². The molecule has 4 heteroatoms. The first-order valence-electron chi connectivity index (χ1n) is 3.19. The van der Waals surface area contributed by atoms with Gasteiger partial charge in [0.1, 0.15) is 0 Å². The maximum atomic E-state index is 8.91. The van der Waals surface area contributed by atoms with Gasteiger partial charge in [-0.2, -0.15) is 0 Å². The number of amidine groups is 1. The second kappa shape index (κ2) is 2.80. The van der Waals surface area contributed by atoms with Crippen LogP contribution in [0.2, 0.25) is 0 Å². The quantitative estimate of drug-likeness (QED) is 0.570. The molecule has 0 saturated carbocycles. The third-order valence-electron chi connectivity index (χ3n) is 1.49. The monoisotopic (exact) mass is 160 g/mol. The van der Waals surface area contributed by atoms with Crippen molar-refractivity contribution in [1.29, 1.82) is 0 Å². The minimum absolute atomic E-state index is 0.153. The summed E-state index contributed by atoms with van der Waals surface area (Å²) in [6, 6.07) is 0. The molecule has 1 aliphatic rings. The zero-order valence-electron chi connectivity index (χ0n) is 6.22. The molecule has 0 bridgehead atoms. The second-order valence-corrected chi connectivity index (χ2v) is 3.63. The van der Waals surface area contributed by atoms with Crippen LogP contribution < -0.4 is 5.32 Å². The Morgan fingerprint density at radius 1 is 1.90 bits per heavy atom. The first kappa shape index (κ1) is 7.88. The molecule has 0 spiro atoms. The maximum absolute atomic E-state index is 8.91. The Bertz CT molecular complexity index is 160. The molecule has 3 nitrogen and oxygen atoms in total. The lowest BCUT2D eigenvalue weighted by Crippen LogP contribution is -2.43. The highest BCUT2D eigenvalue weighted by atomic mass is 32.2. The Morgan fingerprint density at radius 2 is 2.60 bits per heavy atom. The van der Waals surface area contributed by atoms with E-state index >= 15 is 0 Å². The molecule has 1 heterocycles. The van der Waals surface area contributed by atoms with Crippen LogP contribution in [-0.4, -0.2) is 35.2 Å². The van der Waals surface area contributed by atoms with E-state index in [0.29, 0.717) is 0 Å². The largest absolute Gasteiger partial charge is 0.394 e. The lowest BCUT2D eigenvalue weighted by molar-refractivity contribution is 0.213. The smallest absolute Gasteiger partial charge is 0.156 e. The van der Waals surface area contributed by atoms with Crippen molar-refractivity contribution in [3.8, 4) is 0 Å². The van der Waals surface area contributed by atoms with Gasteiger partial charge in [-0.3, -0.25) is 4.99 Å². The minimum atomic E-state index is -0.153. The molecule has 1 aliphatic heterocycles. The summed E-state index contributed by atoms with van der Waals surface area (Å²) in [5.41, 5.74) is -0.153. The maximum Gasteiger partial charge on any atom is 0.156 e. The van der Waals surface area contributed by atoms with Gasteiger partial charge in [0.2, 0.25) is 0 Å².